The molecule has 2 rings (SSSR count). The smallest absolute Gasteiger partial charge is 0.356 e. The number of carboxylic acid groups (broad SMARTS) is 1. The summed E-state index contributed by atoms with van der Waals surface area (Å²) < 4.78 is 14.2. The van der Waals surface area contributed by atoms with Crippen molar-refractivity contribution in [1.29, 1.82) is 0 Å². The maximum absolute atomic E-state index is 12.8. The Morgan fingerprint density at radius 1 is 1.42 bits per heavy atom. The molecule has 0 saturated carbocycles. The van der Waals surface area contributed by atoms with Gasteiger partial charge >= 0.3 is 5.97 Å². The predicted octanol–water partition coefficient (Wildman–Crippen LogP) is 2.35. The summed E-state index contributed by atoms with van der Waals surface area (Å²) in [6, 6.07) is 6.02. The van der Waals surface area contributed by atoms with Gasteiger partial charge in [0.2, 0.25) is 0 Å². The topological polar surface area (TPSA) is 67.2 Å². The van der Waals surface area contributed by atoms with Gasteiger partial charge in [-0.05, 0) is 24.6 Å². The highest BCUT2D eigenvalue weighted by Gasteiger charge is 2.16. The van der Waals surface area contributed by atoms with Gasteiger partial charge in [0.15, 0.2) is 5.69 Å². The van der Waals surface area contributed by atoms with Crippen LogP contribution in [-0.4, -0.2) is 20.9 Å². The quantitative estimate of drug-likeness (QED) is 0.869. The molecule has 0 aliphatic heterocycles. The first-order valence-corrected chi connectivity index (χ1v) is 5.89. The molecule has 0 saturated heterocycles. The zero-order chi connectivity index (χ0) is 13.8. The van der Waals surface area contributed by atoms with Crippen molar-refractivity contribution in [3.8, 4) is 0 Å². The van der Waals surface area contributed by atoms with Crippen molar-refractivity contribution in [3.05, 3.63) is 47.5 Å². The van der Waals surface area contributed by atoms with Crippen LogP contribution in [0.3, 0.4) is 0 Å². The molecule has 2 aromatic rings. The van der Waals surface area contributed by atoms with E-state index in [0.717, 1.165) is 5.56 Å². The van der Waals surface area contributed by atoms with Crippen LogP contribution in [0.25, 0.3) is 0 Å². The van der Waals surface area contributed by atoms with E-state index in [0.29, 0.717) is 18.8 Å². The van der Waals surface area contributed by atoms with Crippen LogP contribution in [0.5, 0.6) is 0 Å². The third-order valence-electron chi connectivity index (χ3n) is 2.74. The average molecular weight is 263 g/mol. The Bertz CT molecular complexity index is 578. The van der Waals surface area contributed by atoms with Gasteiger partial charge in [-0.2, -0.15) is 5.10 Å². The van der Waals surface area contributed by atoms with Crippen LogP contribution in [0.4, 0.5) is 10.1 Å². The Hall–Kier alpha value is -2.37. The summed E-state index contributed by atoms with van der Waals surface area (Å²) in [5.74, 6) is -1.32. The Morgan fingerprint density at radius 2 is 2.11 bits per heavy atom. The normalized spacial score (nSPS) is 10.4. The fraction of sp³-hybridized carbons (Fsp3) is 0.231. The average Bonchev–Trinajstić information content (AvgIpc) is 2.81. The first-order valence-electron chi connectivity index (χ1n) is 5.89. The zero-order valence-electron chi connectivity index (χ0n) is 10.4. The fourth-order valence-corrected chi connectivity index (χ4v) is 1.78. The Kier molecular flexibility index (Phi) is 3.79. The molecule has 100 valence electrons. The first kappa shape index (κ1) is 13.1. The van der Waals surface area contributed by atoms with E-state index in [9.17, 15) is 9.18 Å². The summed E-state index contributed by atoms with van der Waals surface area (Å²) in [4.78, 5) is 11.2. The van der Waals surface area contributed by atoms with Crippen molar-refractivity contribution in [3.63, 3.8) is 0 Å². The second-order valence-corrected chi connectivity index (χ2v) is 4.01. The maximum atomic E-state index is 12.8. The molecule has 0 aliphatic rings. The molecule has 0 amide bonds. The highest BCUT2D eigenvalue weighted by molar-refractivity contribution is 5.92. The van der Waals surface area contributed by atoms with E-state index in [4.69, 9.17) is 5.11 Å². The van der Waals surface area contributed by atoms with Gasteiger partial charge < -0.3 is 10.4 Å². The molecule has 5 nitrogen and oxygen atoms in total. The Balaban J connectivity index is 2.13. The van der Waals surface area contributed by atoms with Gasteiger partial charge in [-0.25, -0.2) is 9.18 Å². The van der Waals surface area contributed by atoms with Gasteiger partial charge in [0.05, 0.1) is 11.9 Å². The van der Waals surface area contributed by atoms with E-state index in [-0.39, 0.29) is 11.5 Å². The number of nitrogens with zero attached hydrogens (tertiary/aromatic N) is 2. The Labute approximate surface area is 109 Å². The molecular formula is C13H14FN3O2. The van der Waals surface area contributed by atoms with E-state index in [1.54, 1.807) is 12.1 Å². The van der Waals surface area contributed by atoms with E-state index < -0.39 is 5.97 Å². The number of aromatic nitrogens is 2. The molecule has 0 fully saturated rings. The molecule has 0 bridgehead atoms. The highest BCUT2D eigenvalue weighted by atomic mass is 19.1. The standard InChI is InChI=1S/C13H14FN3O2/c1-2-17-12(13(18)19)11(8-16-17)15-7-9-3-5-10(14)6-4-9/h3-6,8,15H,2,7H2,1H3,(H,18,19). The third kappa shape index (κ3) is 2.90. The van der Waals surface area contributed by atoms with Crippen LogP contribution in [0.2, 0.25) is 0 Å². The number of aromatic carboxylic acids is 1. The molecule has 0 atom stereocenters. The second-order valence-electron chi connectivity index (χ2n) is 4.01. The molecular weight excluding hydrogens is 249 g/mol. The predicted molar refractivity (Wildman–Crippen MR) is 68.6 cm³/mol. The minimum atomic E-state index is -1.03. The lowest BCUT2D eigenvalue weighted by molar-refractivity contribution is 0.0684. The Morgan fingerprint density at radius 3 is 2.68 bits per heavy atom. The van der Waals surface area contributed by atoms with Crippen molar-refractivity contribution >= 4 is 11.7 Å². The molecule has 1 heterocycles. The summed E-state index contributed by atoms with van der Waals surface area (Å²) in [7, 11) is 0. The van der Waals surface area contributed by atoms with Crippen LogP contribution >= 0.6 is 0 Å². The summed E-state index contributed by atoms with van der Waals surface area (Å²) in [6.45, 7) is 2.72. The van der Waals surface area contributed by atoms with Crippen molar-refractivity contribution < 1.29 is 14.3 Å². The number of nitrogens with one attached hydrogen (secondary N) is 1. The number of hydrogen-bond acceptors (Lipinski definition) is 3. The molecule has 1 aromatic carbocycles. The van der Waals surface area contributed by atoms with Gasteiger partial charge in [-0.15, -0.1) is 0 Å². The van der Waals surface area contributed by atoms with Gasteiger partial charge in [0, 0.05) is 13.1 Å². The van der Waals surface area contributed by atoms with Crippen molar-refractivity contribution in [1.82, 2.24) is 9.78 Å². The number of benzene rings is 1. The number of rotatable bonds is 5. The van der Waals surface area contributed by atoms with Gasteiger partial charge in [0.1, 0.15) is 5.82 Å². The lowest BCUT2D eigenvalue weighted by Gasteiger charge is -2.06. The second kappa shape index (κ2) is 5.51. The van der Waals surface area contributed by atoms with Crippen LogP contribution in [0.15, 0.2) is 30.5 Å². The van der Waals surface area contributed by atoms with Crippen LogP contribution in [0.1, 0.15) is 23.0 Å². The van der Waals surface area contributed by atoms with Crippen molar-refractivity contribution in [2.45, 2.75) is 20.0 Å². The number of hydrogen-bond donors (Lipinski definition) is 2. The first-order chi connectivity index (χ1) is 9.11. The minimum Gasteiger partial charge on any atom is -0.476 e. The summed E-state index contributed by atoms with van der Waals surface area (Å²) in [5, 5.41) is 16.1. The summed E-state index contributed by atoms with van der Waals surface area (Å²) in [6.07, 6.45) is 1.48. The van der Waals surface area contributed by atoms with E-state index >= 15 is 0 Å². The number of halogens is 1. The minimum absolute atomic E-state index is 0.129. The van der Waals surface area contributed by atoms with Gasteiger partial charge in [0.25, 0.3) is 0 Å². The van der Waals surface area contributed by atoms with Crippen molar-refractivity contribution in [2.75, 3.05) is 5.32 Å². The summed E-state index contributed by atoms with van der Waals surface area (Å²) in [5.41, 5.74) is 1.45. The van der Waals surface area contributed by atoms with Crippen molar-refractivity contribution in [2.24, 2.45) is 0 Å². The molecule has 6 heteroatoms. The highest BCUT2D eigenvalue weighted by Crippen LogP contribution is 2.16. The molecule has 19 heavy (non-hydrogen) atoms. The monoisotopic (exact) mass is 263 g/mol. The van der Waals surface area contributed by atoms with Crippen LogP contribution in [-0.2, 0) is 13.1 Å². The SMILES string of the molecule is CCn1ncc(NCc2ccc(F)cc2)c1C(=O)O. The molecule has 0 spiro atoms. The maximum Gasteiger partial charge on any atom is 0.356 e. The fourth-order valence-electron chi connectivity index (χ4n) is 1.78. The number of anilines is 1. The summed E-state index contributed by atoms with van der Waals surface area (Å²) >= 11 is 0. The van der Waals surface area contributed by atoms with Gasteiger partial charge in [-0.3, -0.25) is 4.68 Å². The lowest BCUT2D eigenvalue weighted by atomic mass is 10.2. The van der Waals surface area contributed by atoms with E-state index in [2.05, 4.69) is 10.4 Å². The number of aryl methyl sites for hydroxylation is 1. The molecule has 0 radical (unpaired) electrons. The molecule has 2 N–H and O–H groups in total. The number of carbonyl (C=O) groups is 1. The largest absolute Gasteiger partial charge is 0.476 e. The van der Waals surface area contributed by atoms with Crippen LogP contribution in [0, 0.1) is 5.82 Å². The van der Waals surface area contributed by atoms with E-state index in [1.165, 1.54) is 23.0 Å². The van der Waals surface area contributed by atoms with E-state index in [1.807, 2.05) is 6.92 Å². The van der Waals surface area contributed by atoms with Crippen LogP contribution < -0.4 is 5.32 Å². The molecule has 0 aliphatic carbocycles. The third-order valence-corrected chi connectivity index (χ3v) is 2.74. The molecule has 1 aromatic heterocycles. The van der Waals surface area contributed by atoms with Gasteiger partial charge in [-0.1, -0.05) is 12.1 Å². The number of carboxylic acids is 1. The molecule has 0 unspecified atom stereocenters. The zero-order valence-corrected chi connectivity index (χ0v) is 10.4. The lowest BCUT2D eigenvalue weighted by Crippen LogP contribution is -2.11.